The van der Waals surface area contributed by atoms with E-state index in [2.05, 4.69) is 26.4 Å². The number of hydrogen-bond acceptors (Lipinski definition) is 4. The molecule has 1 atom stereocenters. The second-order valence-corrected chi connectivity index (χ2v) is 5.10. The Morgan fingerprint density at radius 2 is 2.40 bits per heavy atom. The van der Waals surface area contributed by atoms with Gasteiger partial charge in [0.2, 0.25) is 0 Å². The summed E-state index contributed by atoms with van der Waals surface area (Å²) in [6.45, 7) is 6.41. The van der Waals surface area contributed by atoms with E-state index in [1.165, 1.54) is 0 Å². The van der Waals surface area contributed by atoms with E-state index in [0.717, 1.165) is 4.62 Å². The normalized spacial score (nSPS) is 20.5. The maximum atomic E-state index is 11.3. The first-order valence-electron chi connectivity index (χ1n) is 4.70. The summed E-state index contributed by atoms with van der Waals surface area (Å²) in [5.74, 6) is 0.0810. The Hall–Kier alpha value is -0.780. The van der Waals surface area contributed by atoms with Gasteiger partial charge in [-0.1, -0.05) is 5.16 Å². The van der Waals surface area contributed by atoms with E-state index in [-0.39, 0.29) is 5.92 Å². The molecule has 1 heterocycles. The number of nitrogens with one attached hydrogen (secondary N) is 1. The van der Waals surface area contributed by atoms with Crippen molar-refractivity contribution < 1.29 is 14.4 Å². The highest BCUT2D eigenvalue weighted by atomic mass is 79.9. The molecule has 15 heavy (non-hydrogen) atoms. The van der Waals surface area contributed by atoms with Crippen LogP contribution in [0.3, 0.4) is 0 Å². The Kier molecular flexibility index (Phi) is 3.96. The molecular formula is C9H15BrN2O3. The second kappa shape index (κ2) is 4.83. The average molecular weight is 279 g/mol. The number of ether oxygens (including phenoxy) is 1. The molecule has 0 saturated carbocycles. The molecule has 0 bridgehead atoms. The van der Waals surface area contributed by atoms with Crippen molar-refractivity contribution >= 4 is 26.6 Å². The molecule has 0 radical (unpaired) electrons. The molecule has 1 amide bonds. The van der Waals surface area contributed by atoms with Crippen LogP contribution in [-0.2, 0) is 9.57 Å². The summed E-state index contributed by atoms with van der Waals surface area (Å²) < 4.78 is 5.81. The Morgan fingerprint density at radius 1 is 1.73 bits per heavy atom. The first kappa shape index (κ1) is 12.3. The minimum Gasteiger partial charge on any atom is -0.444 e. The third kappa shape index (κ3) is 4.51. The summed E-state index contributed by atoms with van der Waals surface area (Å²) in [5.41, 5.74) is -0.471. The Bertz CT molecular complexity index is 273. The molecule has 0 saturated heterocycles. The lowest BCUT2D eigenvalue weighted by Gasteiger charge is -2.20. The molecule has 0 spiro atoms. The van der Waals surface area contributed by atoms with Crippen LogP contribution in [0.15, 0.2) is 5.16 Å². The van der Waals surface area contributed by atoms with Crippen molar-refractivity contribution in [2.45, 2.75) is 26.4 Å². The van der Waals surface area contributed by atoms with E-state index in [1.807, 2.05) is 20.8 Å². The first-order chi connectivity index (χ1) is 6.88. The van der Waals surface area contributed by atoms with E-state index < -0.39 is 11.7 Å². The summed E-state index contributed by atoms with van der Waals surface area (Å²) in [6.07, 6.45) is -0.422. The summed E-state index contributed by atoms with van der Waals surface area (Å²) in [5, 5.41) is 6.37. The minimum atomic E-state index is -0.471. The van der Waals surface area contributed by atoms with Gasteiger partial charge in [0.25, 0.3) is 0 Å². The molecule has 1 rings (SSSR count). The van der Waals surface area contributed by atoms with Crippen LogP contribution in [0.25, 0.3) is 0 Å². The zero-order chi connectivity index (χ0) is 11.5. The van der Waals surface area contributed by atoms with Crippen molar-refractivity contribution in [1.29, 1.82) is 0 Å². The molecule has 86 valence electrons. The summed E-state index contributed by atoms with van der Waals surface area (Å²) in [4.78, 5) is 16.1. The number of alkyl carbamates (subject to hydrolysis) is 1. The van der Waals surface area contributed by atoms with Gasteiger partial charge in [-0.2, -0.15) is 0 Å². The number of carbonyl (C=O) groups excluding carboxylic acids is 1. The zero-order valence-corrected chi connectivity index (χ0v) is 10.6. The van der Waals surface area contributed by atoms with Crippen LogP contribution in [-0.4, -0.2) is 29.5 Å². The maximum Gasteiger partial charge on any atom is 0.407 e. The van der Waals surface area contributed by atoms with Gasteiger partial charge in [0.05, 0.1) is 5.92 Å². The van der Waals surface area contributed by atoms with Gasteiger partial charge in [-0.15, -0.1) is 0 Å². The molecule has 0 aromatic heterocycles. The highest BCUT2D eigenvalue weighted by Gasteiger charge is 2.23. The Morgan fingerprint density at radius 3 is 2.87 bits per heavy atom. The fourth-order valence-electron chi connectivity index (χ4n) is 0.996. The Balaban J connectivity index is 2.26. The monoisotopic (exact) mass is 278 g/mol. The van der Waals surface area contributed by atoms with Gasteiger partial charge >= 0.3 is 6.09 Å². The van der Waals surface area contributed by atoms with Crippen LogP contribution >= 0.6 is 15.9 Å². The number of nitrogens with zero attached hydrogens (tertiary/aromatic N) is 1. The molecule has 1 unspecified atom stereocenters. The fourth-order valence-corrected chi connectivity index (χ4v) is 1.39. The van der Waals surface area contributed by atoms with Crippen molar-refractivity contribution in [2.24, 2.45) is 11.1 Å². The highest BCUT2D eigenvalue weighted by Crippen LogP contribution is 2.14. The zero-order valence-electron chi connectivity index (χ0n) is 9.04. The molecule has 0 aliphatic carbocycles. The summed E-state index contributed by atoms with van der Waals surface area (Å²) >= 11 is 3.25. The topological polar surface area (TPSA) is 59.9 Å². The number of oxime groups is 1. The van der Waals surface area contributed by atoms with E-state index in [1.54, 1.807) is 0 Å². The first-order valence-corrected chi connectivity index (χ1v) is 5.50. The van der Waals surface area contributed by atoms with Crippen LogP contribution < -0.4 is 5.32 Å². The summed E-state index contributed by atoms with van der Waals surface area (Å²) in [6, 6.07) is 0. The second-order valence-electron chi connectivity index (χ2n) is 4.29. The third-order valence-electron chi connectivity index (χ3n) is 1.66. The van der Waals surface area contributed by atoms with E-state index in [0.29, 0.717) is 13.2 Å². The van der Waals surface area contributed by atoms with Gasteiger partial charge in [-0.3, -0.25) is 0 Å². The Labute approximate surface area is 97.3 Å². The lowest BCUT2D eigenvalue weighted by Crippen LogP contribution is -2.36. The number of carbonyl (C=O) groups is 1. The van der Waals surface area contributed by atoms with Crippen LogP contribution in [0.5, 0.6) is 0 Å². The summed E-state index contributed by atoms with van der Waals surface area (Å²) in [7, 11) is 0. The van der Waals surface area contributed by atoms with Gasteiger partial charge in [-0.05, 0) is 36.7 Å². The van der Waals surface area contributed by atoms with Gasteiger partial charge in [0.15, 0.2) is 0 Å². The number of amides is 1. The predicted octanol–water partition coefficient (Wildman–Crippen LogP) is 1.87. The fraction of sp³-hybridized carbons (Fsp3) is 0.778. The van der Waals surface area contributed by atoms with Gasteiger partial charge in [-0.25, -0.2) is 4.79 Å². The molecule has 1 aliphatic heterocycles. The molecule has 0 aromatic carbocycles. The van der Waals surface area contributed by atoms with Crippen LogP contribution in [0.4, 0.5) is 4.79 Å². The van der Waals surface area contributed by atoms with Gasteiger partial charge in [0, 0.05) is 6.54 Å². The lowest BCUT2D eigenvalue weighted by atomic mass is 10.2. The van der Waals surface area contributed by atoms with Crippen molar-refractivity contribution in [3.8, 4) is 0 Å². The molecule has 1 N–H and O–H groups in total. The van der Waals surface area contributed by atoms with Crippen LogP contribution in [0, 0.1) is 5.92 Å². The highest BCUT2D eigenvalue weighted by molar-refractivity contribution is 9.18. The van der Waals surface area contributed by atoms with Crippen molar-refractivity contribution in [2.75, 3.05) is 13.2 Å². The number of hydrogen-bond donors (Lipinski definition) is 1. The molecule has 0 aromatic rings. The van der Waals surface area contributed by atoms with E-state index >= 15 is 0 Å². The average Bonchev–Trinajstić information content (AvgIpc) is 2.44. The lowest BCUT2D eigenvalue weighted by molar-refractivity contribution is 0.0518. The van der Waals surface area contributed by atoms with Crippen LogP contribution in [0.1, 0.15) is 20.8 Å². The molecule has 0 fully saturated rings. The largest absolute Gasteiger partial charge is 0.444 e. The van der Waals surface area contributed by atoms with Gasteiger partial charge < -0.3 is 14.9 Å². The number of rotatable bonds is 2. The SMILES string of the molecule is CC(C)(C)OC(=O)NCC1CON=C1Br. The quantitative estimate of drug-likeness (QED) is 0.839. The van der Waals surface area contributed by atoms with Crippen molar-refractivity contribution in [3.63, 3.8) is 0 Å². The molecule has 5 nitrogen and oxygen atoms in total. The number of halogens is 1. The van der Waals surface area contributed by atoms with Crippen LogP contribution in [0.2, 0.25) is 0 Å². The molecular weight excluding hydrogens is 264 g/mol. The smallest absolute Gasteiger partial charge is 0.407 e. The molecule has 1 aliphatic rings. The standard InChI is InChI=1S/C9H15BrN2O3/c1-9(2,3)15-8(13)11-4-6-5-14-12-7(6)10/h6H,4-5H2,1-3H3,(H,11,13). The van der Waals surface area contributed by atoms with Crippen molar-refractivity contribution in [3.05, 3.63) is 0 Å². The minimum absolute atomic E-state index is 0.0810. The predicted molar refractivity (Wildman–Crippen MR) is 60.0 cm³/mol. The van der Waals surface area contributed by atoms with Gasteiger partial charge in [0.1, 0.15) is 16.8 Å². The third-order valence-corrected chi connectivity index (χ3v) is 2.45. The van der Waals surface area contributed by atoms with E-state index in [4.69, 9.17) is 9.57 Å². The van der Waals surface area contributed by atoms with Crippen molar-refractivity contribution in [1.82, 2.24) is 5.32 Å². The maximum absolute atomic E-state index is 11.3. The molecule has 6 heteroatoms. The van der Waals surface area contributed by atoms with E-state index in [9.17, 15) is 4.79 Å².